The third-order valence-corrected chi connectivity index (χ3v) is 7.04. The van der Waals surface area contributed by atoms with Gasteiger partial charge in [0.15, 0.2) is 5.69 Å². The summed E-state index contributed by atoms with van der Waals surface area (Å²) in [6.07, 6.45) is 2.74. The van der Waals surface area contributed by atoms with Gasteiger partial charge in [-0.15, -0.1) is 0 Å². The SMILES string of the molecule is [C-]#[N+]c1ccc(Nc2ncnc(OC3CC4COCC(C3)N4C(=O)SC(C)(C)C)c2C)c(Cl)c1. The maximum absolute atomic E-state index is 13.0. The Morgan fingerprint density at radius 1 is 1.29 bits per heavy atom. The van der Waals surface area contributed by atoms with E-state index in [0.29, 0.717) is 54.2 Å². The normalized spacial score (nSPS) is 22.1. The number of fused-ring (bicyclic) bond motifs is 2. The van der Waals surface area contributed by atoms with Gasteiger partial charge < -0.3 is 19.7 Å². The number of halogens is 1. The predicted octanol–water partition coefficient (Wildman–Crippen LogP) is 6.00. The molecule has 1 amide bonds. The molecule has 4 rings (SSSR count). The van der Waals surface area contributed by atoms with E-state index >= 15 is 0 Å². The molecule has 10 heteroatoms. The van der Waals surface area contributed by atoms with Crippen molar-refractivity contribution < 1.29 is 14.3 Å². The number of aromatic nitrogens is 2. The van der Waals surface area contributed by atoms with Crippen molar-refractivity contribution in [1.82, 2.24) is 14.9 Å². The molecule has 0 radical (unpaired) electrons. The third kappa shape index (κ3) is 5.57. The highest BCUT2D eigenvalue weighted by molar-refractivity contribution is 8.14. The summed E-state index contributed by atoms with van der Waals surface area (Å²) in [5.74, 6) is 1.08. The maximum atomic E-state index is 13.0. The van der Waals surface area contributed by atoms with Crippen LogP contribution >= 0.6 is 23.4 Å². The van der Waals surface area contributed by atoms with E-state index in [9.17, 15) is 4.79 Å². The molecule has 0 aliphatic carbocycles. The van der Waals surface area contributed by atoms with Crippen molar-refractivity contribution in [1.29, 1.82) is 0 Å². The van der Waals surface area contributed by atoms with E-state index in [0.717, 1.165) is 5.56 Å². The first-order valence-corrected chi connectivity index (χ1v) is 12.4. The molecule has 2 saturated heterocycles. The fraction of sp³-hybridized carbons (Fsp3) is 0.500. The molecule has 2 unspecified atom stereocenters. The first kappa shape index (κ1) is 24.6. The minimum absolute atomic E-state index is 0.0145. The van der Waals surface area contributed by atoms with Gasteiger partial charge in [-0.2, -0.15) is 0 Å². The van der Waals surface area contributed by atoms with Gasteiger partial charge in [0.2, 0.25) is 5.88 Å². The fourth-order valence-electron chi connectivity index (χ4n) is 4.21. The van der Waals surface area contributed by atoms with Crippen molar-refractivity contribution in [2.24, 2.45) is 0 Å². The van der Waals surface area contributed by atoms with E-state index in [1.807, 2.05) is 32.6 Å². The lowest BCUT2D eigenvalue weighted by molar-refractivity contribution is -0.0738. The van der Waals surface area contributed by atoms with Crippen molar-refractivity contribution >= 4 is 45.8 Å². The van der Waals surface area contributed by atoms with Crippen LogP contribution in [-0.2, 0) is 4.74 Å². The Morgan fingerprint density at radius 2 is 2.00 bits per heavy atom. The second-order valence-corrected chi connectivity index (χ2v) is 11.7. The minimum Gasteiger partial charge on any atom is -0.474 e. The van der Waals surface area contributed by atoms with Crippen molar-refractivity contribution in [3.8, 4) is 5.88 Å². The summed E-state index contributed by atoms with van der Waals surface area (Å²) in [6.45, 7) is 16.2. The molecular weight excluding hydrogens is 474 g/mol. The maximum Gasteiger partial charge on any atom is 0.282 e. The van der Waals surface area contributed by atoms with Crippen molar-refractivity contribution in [3.63, 3.8) is 0 Å². The number of carbonyl (C=O) groups excluding carboxylic acids is 1. The van der Waals surface area contributed by atoms with Gasteiger partial charge in [-0.05, 0) is 19.1 Å². The summed E-state index contributed by atoms with van der Waals surface area (Å²) in [7, 11) is 0. The molecule has 8 nitrogen and oxygen atoms in total. The molecule has 1 aromatic heterocycles. The molecule has 180 valence electrons. The first-order chi connectivity index (χ1) is 16.1. The molecule has 2 aromatic rings. The fourth-order valence-corrected chi connectivity index (χ4v) is 5.36. The number of morpholine rings is 1. The van der Waals surface area contributed by atoms with Crippen molar-refractivity contribution in [2.75, 3.05) is 18.5 Å². The van der Waals surface area contributed by atoms with Crippen molar-refractivity contribution in [3.05, 3.63) is 46.5 Å². The molecule has 2 aliphatic heterocycles. The second kappa shape index (κ2) is 9.98. The highest BCUT2D eigenvalue weighted by Gasteiger charge is 2.43. The van der Waals surface area contributed by atoms with Crippen LogP contribution in [0.5, 0.6) is 5.88 Å². The van der Waals surface area contributed by atoms with Gasteiger partial charge in [0.1, 0.15) is 18.2 Å². The number of rotatable bonds is 4. The lowest BCUT2D eigenvalue weighted by Gasteiger charge is -2.48. The number of nitrogens with one attached hydrogen (secondary N) is 1. The van der Waals surface area contributed by atoms with Crippen LogP contribution < -0.4 is 10.1 Å². The van der Waals surface area contributed by atoms with Gasteiger partial charge in [-0.3, -0.25) is 4.79 Å². The Balaban J connectivity index is 1.47. The van der Waals surface area contributed by atoms with Crippen LogP contribution in [0.2, 0.25) is 5.02 Å². The largest absolute Gasteiger partial charge is 0.474 e. The summed E-state index contributed by atoms with van der Waals surface area (Å²) in [4.78, 5) is 27.1. The Hall–Kier alpha value is -2.54. The third-order valence-electron chi connectivity index (χ3n) is 5.73. The molecule has 2 aliphatic rings. The molecule has 1 N–H and O–H groups in total. The second-order valence-electron chi connectivity index (χ2n) is 9.50. The number of anilines is 2. The lowest BCUT2D eigenvalue weighted by Crippen LogP contribution is -2.60. The number of nitrogens with zero attached hydrogens (tertiary/aromatic N) is 4. The van der Waals surface area contributed by atoms with Gasteiger partial charge in [-0.25, -0.2) is 14.8 Å². The van der Waals surface area contributed by atoms with E-state index in [4.69, 9.17) is 27.6 Å². The standard InChI is InChI=1S/C24H28ClN5O3S/c1-14-21(29-20-7-6-15(26-5)8-19(20)25)27-13-28-22(14)33-18-9-16-11-32-12-17(10-18)30(16)23(31)34-24(2,3)4/h6-8,13,16-18H,9-12H2,1-4H3,(H,27,28,29). The van der Waals surface area contributed by atoms with E-state index in [1.165, 1.54) is 18.1 Å². The number of carbonyl (C=O) groups is 1. The average molecular weight is 502 g/mol. The Bertz CT molecular complexity index is 1100. The predicted molar refractivity (Wildman–Crippen MR) is 134 cm³/mol. The van der Waals surface area contributed by atoms with Gasteiger partial charge in [-0.1, -0.05) is 50.2 Å². The quantitative estimate of drug-likeness (QED) is 0.515. The summed E-state index contributed by atoms with van der Waals surface area (Å²) in [5.41, 5.74) is 1.88. The zero-order valence-electron chi connectivity index (χ0n) is 19.7. The summed E-state index contributed by atoms with van der Waals surface area (Å²) in [6, 6.07) is 5.03. The summed E-state index contributed by atoms with van der Waals surface area (Å²) < 4.78 is 12.0. The Labute approximate surface area is 209 Å². The average Bonchev–Trinajstić information content (AvgIpc) is 2.76. The monoisotopic (exact) mass is 501 g/mol. The van der Waals surface area contributed by atoms with Gasteiger partial charge in [0.05, 0.1) is 48.1 Å². The van der Waals surface area contributed by atoms with E-state index < -0.39 is 0 Å². The smallest absolute Gasteiger partial charge is 0.282 e. The summed E-state index contributed by atoms with van der Waals surface area (Å²) >= 11 is 7.68. The molecular formula is C24H28ClN5O3S. The number of hydrogen-bond acceptors (Lipinski definition) is 7. The number of ether oxygens (including phenoxy) is 2. The molecule has 2 bridgehead atoms. The number of piperidine rings is 1. The molecule has 34 heavy (non-hydrogen) atoms. The van der Waals surface area contributed by atoms with E-state index in [-0.39, 0.29) is 28.2 Å². The molecule has 1 aromatic carbocycles. The highest BCUT2D eigenvalue weighted by atomic mass is 35.5. The van der Waals surface area contributed by atoms with Crippen LogP contribution in [0.3, 0.4) is 0 Å². The van der Waals surface area contributed by atoms with Gasteiger partial charge >= 0.3 is 0 Å². The molecule has 2 fully saturated rings. The molecule has 3 heterocycles. The number of amides is 1. The molecule has 0 spiro atoms. The van der Waals surface area contributed by atoms with Crippen LogP contribution in [0.15, 0.2) is 24.5 Å². The van der Waals surface area contributed by atoms with Gasteiger partial charge in [0, 0.05) is 17.6 Å². The Morgan fingerprint density at radius 3 is 2.62 bits per heavy atom. The zero-order valence-corrected chi connectivity index (χ0v) is 21.2. The van der Waals surface area contributed by atoms with Crippen LogP contribution in [0.4, 0.5) is 22.0 Å². The topological polar surface area (TPSA) is 80.9 Å². The first-order valence-electron chi connectivity index (χ1n) is 11.2. The lowest BCUT2D eigenvalue weighted by atomic mass is 9.92. The van der Waals surface area contributed by atoms with Gasteiger partial charge in [0.25, 0.3) is 5.24 Å². The molecule has 2 atom stereocenters. The van der Waals surface area contributed by atoms with Crippen LogP contribution in [0, 0.1) is 13.5 Å². The highest BCUT2D eigenvalue weighted by Crippen LogP contribution is 2.37. The number of hydrogen-bond donors (Lipinski definition) is 1. The van der Waals surface area contributed by atoms with Crippen molar-refractivity contribution in [2.45, 2.75) is 63.5 Å². The number of thioether (sulfide) groups is 1. The van der Waals surface area contributed by atoms with E-state index in [1.54, 1.807) is 18.2 Å². The minimum atomic E-state index is -0.139. The van der Waals surface area contributed by atoms with E-state index in [2.05, 4.69) is 20.1 Å². The van der Waals surface area contributed by atoms with Crippen LogP contribution in [0.1, 0.15) is 39.2 Å². The Kier molecular flexibility index (Phi) is 7.22. The van der Waals surface area contributed by atoms with Crippen LogP contribution in [0.25, 0.3) is 4.85 Å². The van der Waals surface area contributed by atoms with Crippen LogP contribution in [-0.4, -0.2) is 56.3 Å². The number of benzene rings is 1. The molecule has 0 saturated carbocycles. The zero-order chi connectivity index (χ0) is 24.5. The summed E-state index contributed by atoms with van der Waals surface area (Å²) in [5, 5.41) is 3.75.